The fourth-order valence-corrected chi connectivity index (χ4v) is 2.12. The lowest BCUT2D eigenvalue weighted by Gasteiger charge is -2.16. The second-order valence-electron chi connectivity index (χ2n) is 4.19. The molecule has 1 unspecified atom stereocenters. The molecule has 2 nitrogen and oxygen atoms in total. The van der Waals surface area contributed by atoms with Crippen LogP contribution >= 0.6 is 11.6 Å². The molecule has 2 N–H and O–H groups in total. The van der Waals surface area contributed by atoms with Crippen molar-refractivity contribution in [2.75, 3.05) is 0 Å². The Balaban J connectivity index is 2.48. The van der Waals surface area contributed by atoms with Gasteiger partial charge < -0.3 is 5.73 Å². The van der Waals surface area contributed by atoms with Crippen LogP contribution in [0.1, 0.15) is 28.3 Å². The van der Waals surface area contributed by atoms with Gasteiger partial charge in [-0.3, -0.25) is 4.98 Å². The Labute approximate surface area is 106 Å². The first-order chi connectivity index (χ1) is 8.11. The number of rotatable bonds is 2. The Morgan fingerprint density at radius 3 is 2.59 bits per heavy atom. The van der Waals surface area contributed by atoms with Crippen LogP contribution in [0.15, 0.2) is 36.7 Å². The van der Waals surface area contributed by atoms with Crippen LogP contribution in [0.3, 0.4) is 0 Å². The highest BCUT2D eigenvalue weighted by Gasteiger charge is 2.15. The van der Waals surface area contributed by atoms with E-state index in [-0.39, 0.29) is 6.04 Å². The van der Waals surface area contributed by atoms with Crippen molar-refractivity contribution in [2.45, 2.75) is 19.9 Å². The van der Waals surface area contributed by atoms with Crippen molar-refractivity contribution >= 4 is 11.6 Å². The molecular weight excluding hydrogens is 232 g/mol. The minimum Gasteiger partial charge on any atom is -0.320 e. The number of hydrogen-bond donors (Lipinski definition) is 1. The number of nitrogens with zero attached hydrogens (tertiary/aromatic N) is 1. The van der Waals surface area contributed by atoms with Gasteiger partial charge in [-0.25, -0.2) is 0 Å². The largest absolute Gasteiger partial charge is 0.320 e. The Hall–Kier alpha value is -1.38. The maximum Gasteiger partial charge on any atom is 0.0584 e. The van der Waals surface area contributed by atoms with Gasteiger partial charge in [0, 0.05) is 17.4 Å². The van der Waals surface area contributed by atoms with Crippen molar-refractivity contribution in [1.82, 2.24) is 4.98 Å². The molecule has 3 heteroatoms. The Morgan fingerprint density at radius 2 is 1.88 bits per heavy atom. The summed E-state index contributed by atoms with van der Waals surface area (Å²) in [5.41, 5.74) is 10.4. The summed E-state index contributed by atoms with van der Waals surface area (Å²) in [5, 5.41) is 0.739. The fraction of sp³-hybridized carbons (Fsp3) is 0.214. The lowest BCUT2D eigenvalue weighted by Crippen LogP contribution is -2.14. The van der Waals surface area contributed by atoms with E-state index in [1.54, 1.807) is 12.4 Å². The van der Waals surface area contributed by atoms with Crippen molar-refractivity contribution < 1.29 is 0 Å². The summed E-state index contributed by atoms with van der Waals surface area (Å²) in [4.78, 5) is 4.12. The third-order valence-electron chi connectivity index (χ3n) is 2.97. The SMILES string of the molecule is Cc1ccncc1C(N)c1cccc(C)c1Cl. The molecule has 0 aliphatic rings. The minimum atomic E-state index is -0.226. The molecule has 1 atom stereocenters. The molecule has 0 fully saturated rings. The maximum atomic E-state index is 6.29. The molecule has 0 saturated heterocycles. The van der Waals surface area contributed by atoms with E-state index >= 15 is 0 Å². The molecule has 17 heavy (non-hydrogen) atoms. The average Bonchev–Trinajstić information content (AvgIpc) is 2.32. The molecule has 88 valence electrons. The van der Waals surface area contributed by atoms with Crippen molar-refractivity contribution in [2.24, 2.45) is 5.73 Å². The predicted molar refractivity (Wildman–Crippen MR) is 71.2 cm³/mol. The molecule has 0 radical (unpaired) electrons. The Morgan fingerprint density at radius 1 is 1.12 bits per heavy atom. The van der Waals surface area contributed by atoms with Gasteiger partial charge in [0.25, 0.3) is 0 Å². The van der Waals surface area contributed by atoms with Crippen LogP contribution in [0.4, 0.5) is 0 Å². The third kappa shape index (κ3) is 2.33. The summed E-state index contributed by atoms with van der Waals surface area (Å²) in [7, 11) is 0. The van der Waals surface area contributed by atoms with E-state index in [0.717, 1.165) is 27.3 Å². The third-order valence-corrected chi connectivity index (χ3v) is 3.49. The minimum absolute atomic E-state index is 0.226. The summed E-state index contributed by atoms with van der Waals surface area (Å²) in [6, 6.07) is 7.65. The number of benzene rings is 1. The average molecular weight is 247 g/mol. The highest BCUT2D eigenvalue weighted by Crippen LogP contribution is 2.29. The molecule has 0 aliphatic heterocycles. The molecule has 1 aromatic heterocycles. The first-order valence-corrected chi connectivity index (χ1v) is 5.90. The summed E-state index contributed by atoms with van der Waals surface area (Å²) in [5.74, 6) is 0. The monoisotopic (exact) mass is 246 g/mol. The van der Waals surface area contributed by atoms with Gasteiger partial charge in [0.2, 0.25) is 0 Å². The molecule has 0 amide bonds. The van der Waals surface area contributed by atoms with Crippen molar-refractivity contribution in [3.05, 3.63) is 63.9 Å². The second kappa shape index (κ2) is 4.86. The van der Waals surface area contributed by atoms with E-state index in [9.17, 15) is 0 Å². The molecule has 2 aromatic rings. The maximum absolute atomic E-state index is 6.29. The van der Waals surface area contributed by atoms with Gasteiger partial charge in [-0.1, -0.05) is 29.8 Å². The van der Waals surface area contributed by atoms with Crippen molar-refractivity contribution in [3.63, 3.8) is 0 Å². The number of aryl methyl sites for hydroxylation is 2. The van der Waals surface area contributed by atoms with Gasteiger partial charge in [-0.2, -0.15) is 0 Å². The summed E-state index contributed by atoms with van der Waals surface area (Å²) >= 11 is 6.29. The summed E-state index contributed by atoms with van der Waals surface area (Å²) in [6.45, 7) is 4.01. The number of aromatic nitrogens is 1. The van der Waals surface area contributed by atoms with Crippen LogP contribution in [0.25, 0.3) is 0 Å². The predicted octanol–water partition coefficient (Wildman–Crippen LogP) is 3.40. The van der Waals surface area contributed by atoms with Gasteiger partial charge in [-0.05, 0) is 42.2 Å². The first kappa shape index (κ1) is 12.1. The van der Waals surface area contributed by atoms with Crippen LogP contribution in [-0.2, 0) is 0 Å². The van der Waals surface area contributed by atoms with E-state index in [2.05, 4.69) is 4.98 Å². The van der Waals surface area contributed by atoms with E-state index < -0.39 is 0 Å². The van der Waals surface area contributed by atoms with E-state index in [0.29, 0.717) is 0 Å². The quantitative estimate of drug-likeness (QED) is 0.882. The molecule has 1 aromatic carbocycles. The Bertz CT molecular complexity index is 537. The summed E-state index contributed by atoms with van der Waals surface area (Å²) in [6.07, 6.45) is 3.57. The zero-order chi connectivity index (χ0) is 12.4. The smallest absolute Gasteiger partial charge is 0.0584 e. The highest BCUT2D eigenvalue weighted by molar-refractivity contribution is 6.32. The van der Waals surface area contributed by atoms with Gasteiger partial charge in [0.1, 0.15) is 0 Å². The van der Waals surface area contributed by atoms with Gasteiger partial charge >= 0.3 is 0 Å². The first-order valence-electron chi connectivity index (χ1n) is 5.52. The molecule has 0 saturated carbocycles. The zero-order valence-electron chi connectivity index (χ0n) is 9.94. The molecule has 2 rings (SSSR count). The standard InChI is InChI=1S/C14H15ClN2/c1-9-6-7-17-8-12(9)14(16)11-5-3-4-10(2)13(11)15/h3-8,14H,16H2,1-2H3. The Kier molecular flexibility index (Phi) is 3.46. The lowest BCUT2D eigenvalue weighted by atomic mass is 9.96. The van der Waals surface area contributed by atoms with E-state index in [4.69, 9.17) is 17.3 Å². The summed E-state index contributed by atoms with van der Waals surface area (Å²) < 4.78 is 0. The zero-order valence-corrected chi connectivity index (χ0v) is 10.7. The van der Waals surface area contributed by atoms with Crippen LogP contribution in [0.5, 0.6) is 0 Å². The van der Waals surface area contributed by atoms with Gasteiger partial charge in [-0.15, -0.1) is 0 Å². The molecule has 1 heterocycles. The van der Waals surface area contributed by atoms with Crippen molar-refractivity contribution in [3.8, 4) is 0 Å². The molecule has 0 aliphatic carbocycles. The number of hydrogen-bond acceptors (Lipinski definition) is 2. The van der Waals surface area contributed by atoms with Crippen LogP contribution < -0.4 is 5.73 Å². The van der Waals surface area contributed by atoms with Crippen LogP contribution in [0, 0.1) is 13.8 Å². The number of halogens is 1. The van der Waals surface area contributed by atoms with E-state index in [1.807, 2.05) is 38.1 Å². The topological polar surface area (TPSA) is 38.9 Å². The lowest BCUT2D eigenvalue weighted by molar-refractivity contribution is 0.851. The van der Waals surface area contributed by atoms with Crippen LogP contribution in [-0.4, -0.2) is 4.98 Å². The molecule has 0 spiro atoms. The van der Waals surface area contributed by atoms with Crippen molar-refractivity contribution in [1.29, 1.82) is 0 Å². The van der Waals surface area contributed by atoms with Crippen LogP contribution in [0.2, 0.25) is 5.02 Å². The van der Waals surface area contributed by atoms with Gasteiger partial charge in [0.05, 0.1) is 6.04 Å². The fourth-order valence-electron chi connectivity index (χ4n) is 1.88. The number of nitrogens with two attached hydrogens (primary N) is 1. The molecular formula is C14H15ClN2. The highest BCUT2D eigenvalue weighted by atomic mass is 35.5. The molecule has 0 bridgehead atoms. The van der Waals surface area contributed by atoms with Gasteiger partial charge in [0.15, 0.2) is 0 Å². The number of pyridine rings is 1. The second-order valence-corrected chi connectivity index (χ2v) is 4.57. The normalized spacial score (nSPS) is 12.5. The van der Waals surface area contributed by atoms with E-state index in [1.165, 1.54) is 0 Å².